The second kappa shape index (κ2) is 5.74. The van der Waals surface area contributed by atoms with Crippen LogP contribution >= 0.6 is 0 Å². The molecule has 0 unspecified atom stereocenters. The van der Waals surface area contributed by atoms with Gasteiger partial charge in [-0.2, -0.15) is 0 Å². The van der Waals surface area contributed by atoms with Gasteiger partial charge in [-0.1, -0.05) is 44.5 Å². The van der Waals surface area contributed by atoms with Crippen molar-refractivity contribution < 1.29 is 0 Å². The lowest BCUT2D eigenvalue weighted by Crippen LogP contribution is -2.38. The third-order valence-corrected chi connectivity index (χ3v) is 4.62. The summed E-state index contributed by atoms with van der Waals surface area (Å²) in [5.74, 6) is 0.172. The fourth-order valence-electron chi connectivity index (χ4n) is 2.77. The van der Waals surface area contributed by atoms with E-state index >= 15 is 0 Å². The summed E-state index contributed by atoms with van der Waals surface area (Å²) < 4.78 is 0. The molecule has 1 aromatic carbocycles. The van der Waals surface area contributed by atoms with E-state index < -0.39 is 0 Å². The first-order valence-electron chi connectivity index (χ1n) is 7.19. The van der Waals surface area contributed by atoms with Gasteiger partial charge in [-0.15, -0.1) is 0 Å². The van der Waals surface area contributed by atoms with E-state index in [-0.39, 0.29) is 5.84 Å². The highest BCUT2D eigenvalue weighted by molar-refractivity contribution is 5.96. The molecule has 0 radical (unpaired) electrons. The van der Waals surface area contributed by atoms with Gasteiger partial charge in [-0.05, 0) is 36.9 Å². The number of rotatable bonds is 4. The number of piperidine rings is 1. The molecule has 0 aromatic heterocycles. The molecule has 0 spiro atoms. The number of likely N-dealkylation sites (tertiary alicyclic amines) is 1. The number of nitrogens with one attached hydrogen (secondary N) is 1. The molecular weight excluding hydrogens is 234 g/mol. The standard InChI is InChI=1S/C16H25N3/c1-3-16(2)8-10-19(11-9-16)12-13-6-4-5-7-14(13)15(17)18/h4-7H,3,8-12H2,1-2H3,(H3,17,18). The Bertz CT molecular complexity index is 445. The van der Waals surface area contributed by atoms with E-state index in [1.165, 1.54) is 24.8 Å². The Kier molecular flexibility index (Phi) is 4.25. The van der Waals surface area contributed by atoms with Crippen LogP contribution < -0.4 is 5.73 Å². The van der Waals surface area contributed by atoms with E-state index in [2.05, 4.69) is 24.8 Å². The zero-order valence-corrected chi connectivity index (χ0v) is 12.1. The van der Waals surface area contributed by atoms with Crippen LogP contribution in [-0.4, -0.2) is 23.8 Å². The molecule has 3 nitrogen and oxygen atoms in total. The highest BCUT2D eigenvalue weighted by Crippen LogP contribution is 2.34. The van der Waals surface area contributed by atoms with Crippen LogP contribution in [0.3, 0.4) is 0 Å². The Hall–Kier alpha value is -1.35. The second-order valence-electron chi connectivity index (χ2n) is 6.01. The van der Waals surface area contributed by atoms with Crippen LogP contribution in [0, 0.1) is 10.8 Å². The van der Waals surface area contributed by atoms with Gasteiger partial charge in [0.2, 0.25) is 0 Å². The van der Waals surface area contributed by atoms with Gasteiger partial charge in [0.05, 0.1) is 0 Å². The average molecular weight is 259 g/mol. The summed E-state index contributed by atoms with van der Waals surface area (Å²) in [5.41, 5.74) is 8.23. The van der Waals surface area contributed by atoms with Crippen molar-refractivity contribution in [1.82, 2.24) is 4.90 Å². The van der Waals surface area contributed by atoms with Crippen molar-refractivity contribution in [3.05, 3.63) is 35.4 Å². The first kappa shape index (κ1) is 14.1. The van der Waals surface area contributed by atoms with Crippen LogP contribution in [0.15, 0.2) is 24.3 Å². The van der Waals surface area contributed by atoms with Crippen LogP contribution in [0.2, 0.25) is 0 Å². The Balaban J connectivity index is 2.02. The van der Waals surface area contributed by atoms with Gasteiger partial charge in [0.15, 0.2) is 0 Å². The molecule has 1 aromatic rings. The third-order valence-electron chi connectivity index (χ3n) is 4.62. The zero-order chi connectivity index (χ0) is 13.9. The number of amidine groups is 1. The molecule has 0 bridgehead atoms. The molecule has 3 heteroatoms. The Morgan fingerprint density at radius 3 is 2.53 bits per heavy atom. The molecule has 1 aliphatic rings. The van der Waals surface area contributed by atoms with Crippen molar-refractivity contribution >= 4 is 5.84 Å². The lowest BCUT2D eigenvalue weighted by atomic mass is 9.78. The summed E-state index contributed by atoms with van der Waals surface area (Å²) in [5, 5.41) is 7.65. The fraction of sp³-hybridized carbons (Fsp3) is 0.562. The van der Waals surface area contributed by atoms with Crippen LogP contribution in [0.4, 0.5) is 0 Å². The molecule has 3 N–H and O–H groups in total. The van der Waals surface area contributed by atoms with Gasteiger partial charge >= 0.3 is 0 Å². The highest BCUT2D eigenvalue weighted by Gasteiger charge is 2.28. The number of nitrogen functional groups attached to an aromatic ring is 1. The molecule has 19 heavy (non-hydrogen) atoms. The van der Waals surface area contributed by atoms with Crippen molar-refractivity contribution in [3.63, 3.8) is 0 Å². The Morgan fingerprint density at radius 1 is 1.32 bits per heavy atom. The maximum atomic E-state index is 7.65. The molecule has 0 atom stereocenters. The third kappa shape index (κ3) is 3.35. The van der Waals surface area contributed by atoms with Crippen molar-refractivity contribution in [2.45, 2.75) is 39.7 Å². The predicted octanol–water partition coefficient (Wildman–Crippen LogP) is 2.98. The molecular formula is C16H25N3. The maximum Gasteiger partial charge on any atom is 0.123 e. The van der Waals surface area contributed by atoms with Crippen molar-refractivity contribution in [2.24, 2.45) is 11.1 Å². The van der Waals surface area contributed by atoms with Crippen LogP contribution in [0.5, 0.6) is 0 Å². The number of nitrogens with zero attached hydrogens (tertiary/aromatic N) is 1. The summed E-state index contributed by atoms with van der Waals surface area (Å²) in [4.78, 5) is 2.49. The zero-order valence-electron chi connectivity index (χ0n) is 12.1. The molecule has 104 valence electrons. The minimum atomic E-state index is 0.172. The second-order valence-corrected chi connectivity index (χ2v) is 6.01. The van der Waals surface area contributed by atoms with E-state index in [9.17, 15) is 0 Å². The summed E-state index contributed by atoms with van der Waals surface area (Å²) in [6.07, 6.45) is 3.81. The van der Waals surface area contributed by atoms with Gasteiger partial charge < -0.3 is 5.73 Å². The predicted molar refractivity (Wildman–Crippen MR) is 80.4 cm³/mol. The quantitative estimate of drug-likeness (QED) is 0.645. The van der Waals surface area contributed by atoms with Crippen molar-refractivity contribution in [2.75, 3.05) is 13.1 Å². The fourth-order valence-corrected chi connectivity index (χ4v) is 2.77. The molecule has 1 fully saturated rings. The van der Waals surface area contributed by atoms with E-state index in [0.29, 0.717) is 5.41 Å². The molecule has 1 aliphatic heterocycles. The van der Waals surface area contributed by atoms with Crippen LogP contribution in [0.1, 0.15) is 44.2 Å². The average Bonchev–Trinajstić information content (AvgIpc) is 2.42. The molecule has 1 saturated heterocycles. The van der Waals surface area contributed by atoms with E-state index in [0.717, 1.165) is 25.2 Å². The van der Waals surface area contributed by atoms with Crippen LogP contribution in [0.25, 0.3) is 0 Å². The van der Waals surface area contributed by atoms with Crippen molar-refractivity contribution in [3.8, 4) is 0 Å². The number of hydrogen-bond acceptors (Lipinski definition) is 2. The number of hydrogen-bond donors (Lipinski definition) is 2. The highest BCUT2D eigenvalue weighted by atomic mass is 15.1. The summed E-state index contributed by atoms with van der Waals surface area (Å²) in [6.45, 7) is 7.90. The van der Waals surface area contributed by atoms with Gasteiger partial charge in [0, 0.05) is 12.1 Å². The summed E-state index contributed by atoms with van der Waals surface area (Å²) in [7, 11) is 0. The number of nitrogens with two attached hydrogens (primary N) is 1. The molecule has 1 heterocycles. The molecule has 0 amide bonds. The van der Waals surface area contributed by atoms with Gasteiger partial charge in [-0.3, -0.25) is 10.3 Å². The van der Waals surface area contributed by atoms with Gasteiger partial charge in [0.1, 0.15) is 5.84 Å². The monoisotopic (exact) mass is 259 g/mol. The topological polar surface area (TPSA) is 53.1 Å². The first-order valence-corrected chi connectivity index (χ1v) is 7.19. The smallest absolute Gasteiger partial charge is 0.123 e. The van der Waals surface area contributed by atoms with E-state index in [1.54, 1.807) is 0 Å². The SMILES string of the molecule is CCC1(C)CCN(Cc2ccccc2C(=N)N)CC1. The largest absolute Gasteiger partial charge is 0.384 e. The molecule has 0 aliphatic carbocycles. The first-order chi connectivity index (χ1) is 9.04. The Morgan fingerprint density at radius 2 is 1.95 bits per heavy atom. The maximum absolute atomic E-state index is 7.65. The lowest BCUT2D eigenvalue weighted by molar-refractivity contribution is 0.109. The minimum absolute atomic E-state index is 0.172. The van der Waals surface area contributed by atoms with E-state index in [4.69, 9.17) is 11.1 Å². The van der Waals surface area contributed by atoms with E-state index in [1.807, 2.05) is 18.2 Å². The molecule has 0 saturated carbocycles. The lowest BCUT2D eigenvalue weighted by Gasteiger charge is -2.39. The van der Waals surface area contributed by atoms with Crippen LogP contribution in [-0.2, 0) is 6.54 Å². The minimum Gasteiger partial charge on any atom is -0.384 e. The Labute approximate surface area is 116 Å². The summed E-state index contributed by atoms with van der Waals surface area (Å²) in [6, 6.07) is 8.01. The summed E-state index contributed by atoms with van der Waals surface area (Å²) >= 11 is 0. The van der Waals surface area contributed by atoms with Gasteiger partial charge in [-0.25, -0.2) is 0 Å². The van der Waals surface area contributed by atoms with Crippen molar-refractivity contribution in [1.29, 1.82) is 5.41 Å². The number of benzene rings is 1. The normalized spacial score (nSPS) is 19.3. The van der Waals surface area contributed by atoms with Gasteiger partial charge in [0.25, 0.3) is 0 Å². The molecule has 2 rings (SSSR count).